The van der Waals surface area contributed by atoms with Crippen LogP contribution in [0.1, 0.15) is 39.0 Å². The van der Waals surface area contributed by atoms with Crippen molar-refractivity contribution in [3.63, 3.8) is 0 Å². The van der Waals surface area contributed by atoms with Crippen molar-refractivity contribution in [1.29, 1.82) is 0 Å². The molecule has 1 aliphatic carbocycles. The fraction of sp³-hybridized carbons (Fsp3) is 0.909. The smallest absolute Gasteiger partial charge is 0.219 e. The van der Waals surface area contributed by atoms with Crippen LogP contribution in [0.4, 0.5) is 0 Å². The van der Waals surface area contributed by atoms with E-state index in [-0.39, 0.29) is 12.1 Å². The number of nitrogens with zero attached hydrogens (tertiary/aromatic N) is 4. The molecule has 1 aliphatic heterocycles. The van der Waals surface area contributed by atoms with Crippen LogP contribution < -0.4 is 0 Å². The van der Waals surface area contributed by atoms with Gasteiger partial charge in [0.1, 0.15) is 6.17 Å². The van der Waals surface area contributed by atoms with Crippen molar-refractivity contribution in [2.75, 3.05) is 6.54 Å². The third-order valence-corrected chi connectivity index (χ3v) is 3.96. The standard InChI is InChI=1S/C11H18N4O/c1-8(16)15-7-10-5-3-2-4-9(10)6-11(15)13-14-12/h9-11H,2-7H2,1H3. The fourth-order valence-electron chi connectivity index (χ4n) is 3.11. The molecule has 1 saturated heterocycles. The molecule has 0 N–H and O–H groups in total. The lowest BCUT2D eigenvalue weighted by molar-refractivity contribution is -0.135. The van der Waals surface area contributed by atoms with Gasteiger partial charge in [0.15, 0.2) is 0 Å². The molecule has 88 valence electrons. The summed E-state index contributed by atoms with van der Waals surface area (Å²) in [4.78, 5) is 16.1. The lowest BCUT2D eigenvalue weighted by atomic mass is 9.74. The van der Waals surface area contributed by atoms with E-state index < -0.39 is 0 Å². The number of fused-ring (bicyclic) bond motifs is 1. The number of likely N-dealkylation sites (tertiary alicyclic amines) is 1. The Morgan fingerprint density at radius 2 is 2.06 bits per heavy atom. The van der Waals surface area contributed by atoms with Gasteiger partial charge < -0.3 is 4.90 Å². The summed E-state index contributed by atoms with van der Waals surface area (Å²) in [6, 6.07) is 0. The van der Waals surface area contributed by atoms with Gasteiger partial charge in [-0.25, -0.2) is 0 Å². The van der Waals surface area contributed by atoms with Crippen molar-refractivity contribution < 1.29 is 4.79 Å². The van der Waals surface area contributed by atoms with E-state index >= 15 is 0 Å². The zero-order chi connectivity index (χ0) is 11.5. The van der Waals surface area contributed by atoms with Crippen molar-refractivity contribution in [1.82, 2.24) is 4.90 Å². The van der Waals surface area contributed by atoms with Gasteiger partial charge in [-0.15, -0.1) is 0 Å². The number of hydrogen-bond donors (Lipinski definition) is 0. The van der Waals surface area contributed by atoms with Crippen LogP contribution in [0.15, 0.2) is 5.11 Å². The van der Waals surface area contributed by atoms with Gasteiger partial charge in [-0.3, -0.25) is 4.79 Å². The molecule has 1 heterocycles. The summed E-state index contributed by atoms with van der Waals surface area (Å²) >= 11 is 0. The average molecular weight is 222 g/mol. The summed E-state index contributed by atoms with van der Waals surface area (Å²) in [5.41, 5.74) is 8.53. The molecule has 0 spiro atoms. The average Bonchev–Trinajstić information content (AvgIpc) is 2.28. The molecule has 2 aliphatic rings. The third-order valence-electron chi connectivity index (χ3n) is 3.96. The number of azide groups is 1. The molecule has 5 nitrogen and oxygen atoms in total. The molecule has 5 heteroatoms. The lowest BCUT2D eigenvalue weighted by Gasteiger charge is -2.44. The highest BCUT2D eigenvalue weighted by Gasteiger charge is 2.37. The van der Waals surface area contributed by atoms with Crippen LogP contribution in [-0.2, 0) is 4.79 Å². The second kappa shape index (κ2) is 4.74. The van der Waals surface area contributed by atoms with Gasteiger partial charge in [0.05, 0.1) is 0 Å². The van der Waals surface area contributed by atoms with Crippen LogP contribution in [0.5, 0.6) is 0 Å². The maximum atomic E-state index is 11.5. The normalized spacial score (nSPS) is 33.8. The van der Waals surface area contributed by atoms with Crippen LogP contribution in [0, 0.1) is 11.8 Å². The molecule has 3 atom stereocenters. The monoisotopic (exact) mass is 222 g/mol. The predicted molar refractivity (Wildman–Crippen MR) is 60.4 cm³/mol. The first-order chi connectivity index (χ1) is 7.72. The van der Waals surface area contributed by atoms with Crippen molar-refractivity contribution in [3.8, 4) is 0 Å². The van der Waals surface area contributed by atoms with E-state index in [4.69, 9.17) is 5.53 Å². The minimum atomic E-state index is -0.248. The van der Waals surface area contributed by atoms with Gasteiger partial charge in [-0.05, 0) is 30.2 Å². The Hall–Kier alpha value is -1.22. The van der Waals surface area contributed by atoms with E-state index in [9.17, 15) is 4.79 Å². The Morgan fingerprint density at radius 1 is 1.38 bits per heavy atom. The number of piperidine rings is 1. The van der Waals surface area contributed by atoms with E-state index in [1.165, 1.54) is 25.7 Å². The second-order valence-electron chi connectivity index (χ2n) is 4.90. The number of rotatable bonds is 1. The van der Waals surface area contributed by atoms with Crippen LogP contribution in [0.3, 0.4) is 0 Å². The largest absolute Gasteiger partial charge is 0.334 e. The molecule has 0 aromatic heterocycles. The molecule has 0 radical (unpaired) electrons. The van der Waals surface area contributed by atoms with Gasteiger partial charge in [0, 0.05) is 18.4 Å². The quantitative estimate of drug-likeness (QED) is 0.382. The van der Waals surface area contributed by atoms with Crippen molar-refractivity contribution in [3.05, 3.63) is 10.4 Å². The molecule has 0 aromatic carbocycles. The molecular formula is C11H18N4O. The van der Waals surface area contributed by atoms with Gasteiger partial charge in [-0.1, -0.05) is 24.4 Å². The summed E-state index contributed by atoms with van der Waals surface area (Å²) < 4.78 is 0. The number of hydrogen-bond acceptors (Lipinski definition) is 2. The fourth-order valence-corrected chi connectivity index (χ4v) is 3.11. The van der Waals surface area contributed by atoms with Crippen molar-refractivity contribution >= 4 is 5.91 Å². The Balaban J connectivity index is 2.12. The second-order valence-corrected chi connectivity index (χ2v) is 4.90. The number of carbonyl (C=O) groups excluding carboxylic acids is 1. The minimum Gasteiger partial charge on any atom is -0.334 e. The Labute approximate surface area is 95.4 Å². The van der Waals surface area contributed by atoms with Gasteiger partial charge in [0.2, 0.25) is 5.91 Å². The van der Waals surface area contributed by atoms with Crippen molar-refractivity contribution in [2.45, 2.75) is 45.2 Å². The summed E-state index contributed by atoms with van der Waals surface area (Å²) in [5.74, 6) is 1.31. The molecule has 0 aromatic rings. The molecule has 1 saturated carbocycles. The van der Waals surface area contributed by atoms with E-state index in [1.807, 2.05) is 0 Å². The first kappa shape index (κ1) is 11.3. The summed E-state index contributed by atoms with van der Waals surface area (Å²) in [7, 11) is 0. The van der Waals surface area contributed by atoms with E-state index in [0.717, 1.165) is 13.0 Å². The summed E-state index contributed by atoms with van der Waals surface area (Å²) in [6.45, 7) is 2.34. The van der Waals surface area contributed by atoms with Crippen LogP contribution >= 0.6 is 0 Å². The first-order valence-corrected chi connectivity index (χ1v) is 6.03. The molecule has 0 bridgehead atoms. The van der Waals surface area contributed by atoms with E-state index in [2.05, 4.69) is 10.0 Å². The van der Waals surface area contributed by atoms with Crippen LogP contribution in [0.25, 0.3) is 10.4 Å². The van der Waals surface area contributed by atoms with Gasteiger partial charge >= 0.3 is 0 Å². The van der Waals surface area contributed by atoms with Gasteiger partial charge in [0.25, 0.3) is 0 Å². The van der Waals surface area contributed by atoms with E-state index in [0.29, 0.717) is 11.8 Å². The SMILES string of the molecule is CC(=O)N1CC2CCCCC2CC1N=[N+]=[N-]. The molecule has 3 unspecified atom stereocenters. The summed E-state index contributed by atoms with van der Waals surface area (Å²) in [6.07, 6.45) is 5.62. The minimum absolute atomic E-state index is 0.0291. The molecule has 2 fully saturated rings. The Morgan fingerprint density at radius 3 is 2.69 bits per heavy atom. The lowest BCUT2D eigenvalue weighted by Crippen LogP contribution is -2.49. The predicted octanol–water partition coefficient (Wildman–Crippen LogP) is 2.68. The first-order valence-electron chi connectivity index (χ1n) is 6.03. The topological polar surface area (TPSA) is 69.1 Å². The molecule has 16 heavy (non-hydrogen) atoms. The number of amides is 1. The maximum absolute atomic E-state index is 11.5. The number of carbonyl (C=O) groups is 1. The molecule has 2 rings (SSSR count). The highest BCUT2D eigenvalue weighted by Crippen LogP contribution is 2.38. The molecular weight excluding hydrogens is 204 g/mol. The third kappa shape index (κ3) is 2.14. The summed E-state index contributed by atoms with van der Waals surface area (Å²) in [5, 5.41) is 3.76. The maximum Gasteiger partial charge on any atom is 0.219 e. The zero-order valence-electron chi connectivity index (χ0n) is 9.67. The van der Waals surface area contributed by atoms with Crippen LogP contribution in [0.2, 0.25) is 0 Å². The van der Waals surface area contributed by atoms with E-state index in [1.54, 1.807) is 11.8 Å². The Kier molecular flexibility index (Phi) is 3.34. The highest BCUT2D eigenvalue weighted by molar-refractivity contribution is 5.73. The highest BCUT2D eigenvalue weighted by atomic mass is 16.2. The Bertz CT molecular complexity index is 306. The van der Waals surface area contributed by atoms with Crippen molar-refractivity contribution in [2.24, 2.45) is 17.0 Å². The molecule has 1 amide bonds. The zero-order valence-corrected chi connectivity index (χ0v) is 9.67. The van der Waals surface area contributed by atoms with Crippen LogP contribution in [-0.4, -0.2) is 23.5 Å². The van der Waals surface area contributed by atoms with Gasteiger partial charge in [-0.2, -0.15) is 0 Å².